The second-order valence-corrected chi connectivity index (χ2v) is 9.88. The largest absolute Gasteiger partial charge is 0.480 e. The second-order valence-electron chi connectivity index (χ2n) is 7.70. The lowest BCUT2D eigenvalue weighted by molar-refractivity contribution is -0.138. The van der Waals surface area contributed by atoms with Crippen molar-refractivity contribution < 1.29 is 9.90 Å². The topological polar surface area (TPSA) is 53.4 Å². The van der Waals surface area contributed by atoms with Crippen molar-refractivity contribution in [2.45, 2.75) is 17.2 Å². The summed E-state index contributed by atoms with van der Waals surface area (Å²) in [5.41, 5.74) is 3.52. The van der Waals surface area contributed by atoms with Gasteiger partial charge in [-0.1, -0.05) is 91.0 Å². The van der Waals surface area contributed by atoms with Crippen LogP contribution in [0.2, 0.25) is 0 Å². The minimum Gasteiger partial charge on any atom is -0.480 e. The summed E-state index contributed by atoms with van der Waals surface area (Å²) < 4.78 is -0.452. The molecule has 0 aliphatic rings. The first-order chi connectivity index (χ1) is 16.1. The fourth-order valence-electron chi connectivity index (χ4n) is 4.10. The summed E-state index contributed by atoms with van der Waals surface area (Å²) in [6.07, 6.45) is 2.19. The quantitative estimate of drug-likeness (QED) is 0.280. The maximum Gasteiger partial charge on any atom is 0.326 e. The third kappa shape index (κ3) is 4.97. The standard InChI is InChI=1S/C27H26N2O2S2/c1-29(26-28-18-20-32-26)24(25(30)31)17-19-33-27(21-11-5-2-6-12-21,22-13-7-3-8-14-22)23-15-9-4-10-16-23/h2-16,18,20,24H,17,19H2,1H3,(H,30,31). The van der Waals surface area contributed by atoms with Crippen LogP contribution in [0.1, 0.15) is 23.1 Å². The molecular formula is C27H26N2O2S2. The highest BCUT2D eigenvalue weighted by Gasteiger charge is 2.37. The van der Waals surface area contributed by atoms with Crippen LogP contribution in [0.5, 0.6) is 0 Å². The lowest BCUT2D eigenvalue weighted by Gasteiger charge is -2.36. The van der Waals surface area contributed by atoms with Crippen LogP contribution in [0.25, 0.3) is 0 Å². The van der Waals surface area contributed by atoms with Crippen LogP contribution in [0.3, 0.4) is 0 Å². The number of carboxylic acids is 1. The summed E-state index contributed by atoms with van der Waals surface area (Å²) >= 11 is 3.23. The molecule has 0 bridgehead atoms. The van der Waals surface area contributed by atoms with Gasteiger partial charge in [-0.25, -0.2) is 9.78 Å². The maximum absolute atomic E-state index is 12.1. The van der Waals surface area contributed by atoms with E-state index in [1.165, 1.54) is 28.0 Å². The fraction of sp³-hybridized carbons (Fsp3) is 0.185. The van der Waals surface area contributed by atoms with Gasteiger partial charge in [-0.15, -0.1) is 23.1 Å². The zero-order chi connectivity index (χ0) is 23.1. The minimum atomic E-state index is -0.835. The lowest BCUT2D eigenvalue weighted by atomic mass is 9.84. The van der Waals surface area contributed by atoms with Crippen molar-refractivity contribution in [2.75, 3.05) is 17.7 Å². The molecule has 1 atom stereocenters. The molecule has 4 nitrogen and oxygen atoms in total. The second kappa shape index (κ2) is 10.7. The molecule has 0 radical (unpaired) electrons. The third-order valence-corrected chi connectivity index (χ3v) is 8.17. The van der Waals surface area contributed by atoms with Gasteiger partial charge < -0.3 is 10.0 Å². The number of carbonyl (C=O) groups is 1. The van der Waals surface area contributed by atoms with Gasteiger partial charge in [-0.3, -0.25) is 0 Å². The fourth-order valence-corrected chi connectivity index (χ4v) is 6.31. The number of thiazole rings is 1. The van der Waals surface area contributed by atoms with E-state index < -0.39 is 16.8 Å². The molecule has 0 fully saturated rings. The van der Waals surface area contributed by atoms with Gasteiger partial charge in [0.15, 0.2) is 5.13 Å². The molecule has 0 saturated carbocycles. The van der Waals surface area contributed by atoms with Crippen molar-refractivity contribution in [2.24, 2.45) is 0 Å². The number of hydrogen-bond donors (Lipinski definition) is 1. The van der Waals surface area contributed by atoms with E-state index in [2.05, 4.69) is 77.8 Å². The number of anilines is 1. The van der Waals surface area contributed by atoms with E-state index in [0.29, 0.717) is 17.3 Å². The first-order valence-electron chi connectivity index (χ1n) is 10.8. The molecule has 1 unspecified atom stereocenters. The van der Waals surface area contributed by atoms with Crippen LogP contribution >= 0.6 is 23.1 Å². The van der Waals surface area contributed by atoms with Crippen molar-refractivity contribution in [3.05, 3.63) is 119 Å². The molecule has 33 heavy (non-hydrogen) atoms. The highest BCUT2D eigenvalue weighted by Crippen LogP contribution is 2.48. The zero-order valence-corrected chi connectivity index (χ0v) is 20.0. The van der Waals surface area contributed by atoms with E-state index in [9.17, 15) is 9.90 Å². The van der Waals surface area contributed by atoms with E-state index in [0.717, 1.165) is 0 Å². The number of nitrogens with zero attached hydrogens (tertiary/aromatic N) is 2. The number of likely N-dealkylation sites (N-methyl/N-ethyl adjacent to an activating group) is 1. The van der Waals surface area contributed by atoms with Gasteiger partial charge in [0.1, 0.15) is 6.04 Å². The Morgan fingerprint density at radius 2 is 1.42 bits per heavy atom. The normalized spacial score (nSPS) is 12.3. The van der Waals surface area contributed by atoms with Gasteiger partial charge >= 0.3 is 5.97 Å². The molecule has 0 aliphatic heterocycles. The molecule has 6 heteroatoms. The minimum absolute atomic E-state index is 0.452. The Kier molecular flexibility index (Phi) is 7.47. The van der Waals surface area contributed by atoms with E-state index in [4.69, 9.17) is 0 Å². The first kappa shape index (κ1) is 23.1. The molecule has 3 aromatic carbocycles. The molecule has 0 amide bonds. The van der Waals surface area contributed by atoms with E-state index in [-0.39, 0.29) is 0 Å². The third-order valence-electron chi connectivity index (χ3n) is 5.72. The van der Waals surface area contributed by atoms with E-state index >= 15 is 0 Å². The molecule has 0 saturated heterocycles. The number of aliphatic carboxylic acids is 1. The van der Waals surface area contributed by atoms with Crippen LogP contribution in [0, 0.1) is 0 Å². The molecule has 4 aromatic rings. The average Bonchev–Trinajstić information content (AvgIpc) is 3.41. The van der Waals surface area contributed by atoms with Gasteiger partial charge in [0.25, 0.3) is 0 Å². The molecule has 168 valence electrons. The van der Waals surface area contributed by atoms with Crippen LogP contribution in [-0.4, -0.2) is 34.9 Å². The summed E-state index contributed by atoms with van der Waals surface area (Å²) in [5, 5.41) is 12.5. The van der Waals surface area contributed by atoms with Gasteiger partial charge in [0.05, 0.1) is 4.75 Å². The van der Waals surface area contributed by atoms with Gasteiger partial charge in [0, 0.05) is 18.6 Å². The summed E-state index contributed by atoms with van der Waals surface area (Å²) in [4.78, 5) is 18.2. The van der Waals surface area contributed by atoms with Crippen LogP contribution in [-0.2, 0) is 9.54 Å². The van der Waals surface area contributed by atoms with Gasteiger partial charge in [-0.05, 0) is 28.9 Å². The molecule has 1 heterocycles. The van der Waals surface area contributed by atoms with Crippen LogP contribution < -0.4 is 4.90 Å². The first-order valence-corrected chi connectivity index (χ1v) is 12.6. The molecule has 4 rings (SSSR count). The average molecular weight is 475 g/mol. The monoisotopic (exact) mass is 474 g/mol. The smallest absolute Gasteiger partial charge is 0.326 e. The Bertz CT molecular complexity index is 1040. The Morgan fingerprint density at radius 3 is 1.82 bits per heavy atom. The Morgan fingerprint density at radius 1 is 0.939 bits per heavy atom. The number of rotatable bonds is 10. The molecule has 0 aliphatic carbocycles. The van der Waals surface area contributed by atoms with Crippen molar-refractivity contribution in [1.29, 1.82) is 0 Å². The Hall–Kier alpha value is -3.09. The van der Waals surface area contributed by atoms with Gasteiger partial charge in [0.2, 0.25) is 0 Å². The number of aromatic nitrogens is 1. The Labute approximate surface area is 202 Å². The van der Waals surface area contributed by atoms with E-state index in [1.807, 2.05) is 23.6 Å². The zero-order valence-electron chi connectivity index (χ0n) is 18.4. The van der Waals surface area contributed by atoms with Crippen molar-refractivity contribution in [1.82, 2.24) is 4.98 Å². The molecule has 1 aromatic heterocycles. The maximum atomic E-state index is 12.1. The summed E-state index contributed by atoms with van der Waals surface area (Å²) in [6, 6.07) is 30.7. The van der Waals surface area contributed by atoms with Crippen molar-refractivity contribution in [3.8, 4) is 0 Å². The number of benzene rings is 3. The molecule has 1 N–H and O–H groups in total. The molecule has 0 spiro atoms. The highest BCUT2D eigenvalue weighted by atomic mass is 32.2. The van der Waals surface area contributed by atoms with E-state index in [1.54, 1.807) is 29.9 Å². The number of hydrogen-bond acceptors (Lipinski definition) is 5. The Balaban J connectivity index is 1.70. The van der Waals surface area contributed by atoms with Crippen LogP contribution in [0.4, 0.5) is 5.13 Å². The van der Waals surface area contributed by atoms with Crippen molar-refractivity contribution >= 4 is 34.2 Å². The molecular weight excluding hydrogens is 448 g/mol. The predicted molar refractivity (Wildman–Crippen MR) is 138 cm³/mol. The summed E-state index contributed by atoms with van der Waals surface area (Å²) in [5.74, 6) is -0.177. The number of carboxylic acid groups (broad SMARTS) is 1. The lowest BCUT2D eigenvalue weighted by Crippen LogP contribution is -2.39. The van der Waals surface area contributed by atoms with Crippen molar-refractivity contribution in [3.63, 3.8) is 0 Å². The van der Waals surface area contributed by atoms with Crippen LogP contribution in [0.15, 0.2) is 103 Å². The predicted octanol–water partition coefficient (Wildman–Crippen LogP) is 6.15. The SMILES string of the molecule is CN(c1nccs1)C(CCSC(c1ccccc1)(c1ccccc1)c1ccccc1)C(=O)O. The summed E-state index contributed by atoms with van der Waals surface area (Å²) in [7, 11) is 1.81. The highest BCUT2D eigenvalue weighted by molar-refractivity contribution is 8.00. The van der Waals surface area contributed by atoms with Gasteiger partial charge in [-0.2, -0.15) is 0 Å². The number of thioether (sulfide) groups is 1. The summed E-state index contributed by atoms with van der Waals surface area (Å²) in [6.45, 7) is 0.